The lowest BCUT2D eigenvalue weighted by atomic mass is 9.90. The molecule has 16 heavy (non-hydrogen) atoms. The van der Waals surface area contributed by atoms with E-state index in [2.05, 4.69) is 10.3 Å². The summed E-state index contributed by atoms with van der Waals surface area (Å²) in [5, 5.41) is 13.2. The standard InChI is InChI=1S/C12H20N2OS/c15-7-6-13-8-11-9-14-12(16-11)10-4-2-1-3-5-10/h9-10,13,15H,1-8H2. The molecule has 1 fully saturated rings. The van der Waals surface area contributed by atoms with E-state index in [-0.39, 0.29) is 6.61 Å². The molecule has 0 bridgehead atoms. The minimum absolute atomic E-state index is 0.203. The van der Waals surface area contributed by atoms with Crippen LogP contribution < -0.4 is 5.32 Å². The van der Waals surface area contributed by atoms with Gasteiger partial charge < -0.3 is 10.4 Å². The van der Waals surface area contributed by atoms with Gasteiger partial charge in [-0.05, 0) is 12.8 Å². The third kappa shape index (κ3) is 3.27. The molecule has 2 N–H and O–H groups in total. The SMILES string of the molecule is OCCNCc1cnc(C2CCCCC2)s1. The first-order chi connectivity index (χ1) is 7.90. The Morgan fingerprint density at radius 1 is 1.38 bits per heavy atom. The van der Waals surface area contributed by atoms with Crippen LogP contribution in [0.5, 0.6) is 0 Å². The lowest BCUT2D eigenvalue weighted by Crippen LogP contribution is -2.16. The molecule has 0 saturated heterocycles. The van der Waals surface area contributed by atoms with Gasteiger partial charge >= 0.3 is 0 Å². The van der Waals surface area contributed by atoms with Gasteiger partial charge in [0.15, 0.2) is 0 Å². The van der Waals surface area contributed by atoms with Crippen LogP contribution in [0.1, 0.15) is 47.9 Å². The van der Waals surface area contributed by atoms with Crippen molar-refractivity contribution in [1.29, 1.82) is 0 Å². The second-order valence-electron chi connectivity index (χ2n) is 4.40. The minimum Gasteiger partial charge on any atom is -0.395 e. The third-order valence-corrected chi connectivity index (χ3v) is 4.27. The predicted molar refractivity (Wildman–Crippen MR) is 66.7 cm³/mol. The fourth-order valence-corrected chi connectivity index (χ4v) is 3.29. The molecule has 4 heteroatoms. The molecule has 1 aliphatic carbocycles. The van der Waals surface area contributed by atoms with Crippen LogP contribution in [0.2, 0.25) is 0 Å². The first kappa shape index (κ1) is 12.0. The molecule has 0 radical (unpaired) electrons. The van der Waals surface area contributed by atoms with Gasteiger partial charge in [-0.25, -0.2) is 4.98 Å². The molecular weight excluding hydrogens is 220 g/mol. The number of hydrogen-bond acceptors (Lipinski definition) is 4. The van der Waals surface area contributed by atoms with Gasteiger partial charge in [0.1, 0.15) is 0 Å². The number of thiazole rings is 1. The van der Waals surface area contributed by atoms with Crippen molar-refractivity contribution in [3.05, 3.63) is 16.1 Å². The maximum absolute atomic E-state index is 8.68. The Balaban J connectivity index is 1.85. The van der Waals surface area contributed by atoms with Crippen molar-refractivity contribution in [2.24, 2.45) is 0 Å². The van der Waals surface area contributed by atoms with Gasteiger partial charge in [0.25, 0.3) is 0 Å². The van der Waals surface area contributed by atoms with Crippen LogP contribution in [-0.4, -0.2) is 23.2 Å². The Kier molecular flexibility index (Phi) is 4.75. The summed E-state index contributed by atoms with van der Waals surface area (Å²) >= 11 is 1.83. The average Bonchev–Trinajstić information content (AvgIpc) is 2.79. The van der Waals surface area contributed by atoms with E-state index in [9.17, 15) is 0 Å². The minimum atomic E-state index is 0.203. The maximum Gasteiger partial charge on any atom is 0.0959 e. The molecule has 0 aliphatic heterocycles. The van der Waals surface area contributed by atoms with Crippen LogP contribution in [0.3, 0.4) is 0 Å². The summed E-state index contributed by atoms with van der Waals surface area (Å²) in [4.78, 5) is 5.82. The van der Waals surface area contributed by atoms with Gasteiger partial charge in [-0.1, -0.05) is 19.3 Å². The summed E-state index contributed by atoms with van der Waals surface area (Å²) < 4.78 is 0. The molecule has 0 amide bonds. The van der Waals surface area contributed by atoms with Crippen molar-refractivity contribution >= 4 is 11.3 Å². The monoisotopic (exact) mass is 240 g/mol. The normalized spacial score (nSPS) is 17.8. The summed E-state index contributed by atoms with van der Waals surface area (Å²) in [6, 6.07) is 0. The highest BCUT2D eigenvalue weighted by atomic mass is 32.1. The number of aliphatic hydroxyl groups is 1. The number of hydrogen-bond donors (Lipinski definition) is 2. The third-order valence-electron chi connectivity index (χ3n) is 3.11. The molecular formula is C12H20N2OS. The zero-order valence-corrected chi connectivity index (χ0v) is 10.4. The number of nitrogens with zero attached hydrogens (tertiary/aromatic N) is 1. The molecule has 0 spiro atoms. The Hall–Kier alpha value is -0.450. The number of aromatic nitrogens is 1. The van der Waals surface area contributed by atoms with E-state index in [1.807, 2.05) is 17.5 Å². The van der Waals surface area contributed by atoms with Crippen LogP contribution >= 0.6 is 11.3 Å². The molecule has 0 atom stereocenters. The molecule has 0 aromatic carbocycles. The Morgan fingerprint density at radius 2 is 2.19 bits per heavy atom. The van der Waals surface area contributed by atoms with Gasteiger partial charge in [-0.2, -0.15) is 0 Å². The first-order valence-corrected chi connectivity index (χ1v) is 6.98. The molecule has 1 aliphatic rings. The lowest BCUT2D eigenvalue weighted by molar-refractivity contribution is 0.292. The van der Waals surface area contributed by atoms with Gasteiger partial charge in [0.05, 0.1) is 11.6 Å². The first-order valence-electron chi connectivity index (χ1n) is 6.16. The van der Waals surface area contributed by atoms with E-state index in [1.165, 1.54) is 42.0 Å². The van der Waals surface area contributed by atoms with Gasteiger partial charge in [-0.3, -0.25) is 0 Å². The van der Waals surface area contributed by atoms with Crippen LogP contribution in [0.4, 0.5) is 0 Å². The van der Waals surface area contributed by atoms with Crippen LogP contribution in [-0.2, 0) is 6.54 Å². The summed E-state index contributed by atoms with van der Waals surface area (Å²) in [5.41, 5.74) is 0. The second kappa shape index (κ2) is 6.33. The highest BCUT2D eigenvalue weighted by Crippen LogP contribution is 2.34. The molecule has 0 unspecified atom stereocenters. The highest BCUT2D eigenvalue weighted by molar-refractivity contribution is 7.11. The highest BCUT2D eigenvalue weighted by Gasteiger charge is 2.18. The fourth-order valence-electron chi connectivity index (χ4n) is 2.23. The number of nitrogens with one attached hydrogen (secondary N) is 1. The molecule has 1 aromatic heterocycles. The summed E-state index contributed by atoms with van der Waals surface area (Å²) in [6.07, 6.45) is 8.74. The fraction of sp³-hybridized carbons (Fsp3) is 0.750. The van der Waals surface area contributed by atoms with E-state index in [4.69, 9.17) is 5.11 Å². The van der Waals surface area contributed by atoms with Gasteiger partial charge in [0, 0.05) is 30.1 Å². The summed E-state index contributed by atoms with van der Waals surface area (Å²) in [6.45, 7) is 1.70. The Bertz CT molecular complexity index is 308. The smallest absolute Gasteiger partial charge is 0.0959 e. The zero-order chi connectivity index (χ0) is 11.2. The summed E-state index contributed by atoms with van der Waals surface area (Å²) in [5.74, 6) is 0.713. The van der Waals surface area contributed by atoms with Crippen molar-refractivity contribution in [2.75, 3.05) is 13.2 Å². The van der Waals surface area contributed by atoms with E-state index in [1.54, 1.807) is 0 Å². The van der Waals surface area contributed by atoms with Crippen molar-refractivity contribution in [1.82, 2.24) is 10.3 Å². The largest absolute Gasteiger partial charge is 0.395 e. The molecule has 1 heterocycles. The summed E-state index contributed by atoms with van der Waals surface area (Å²) in [7, 11) is 0. The van der Waals surface area contributed by atoms with Crippen LogP contribution in [0.25, 0.3) is 0 Å². The van der Waals surface area contributed by atoms with Crippen LogP contribution in [0, 0.1) is 0 Å². The average molecular weight is 240 g/mol. The lowest BCUT2D eigenvalue weighted by Gasteiger charge is -2.18. The van der Waals surface area contributed by atoms with Crippen LogP contribution in [0.15, 0.2) is 6.20 Å². The molecule has 1 saturated carbocycles. The zero-order valence-electron chi connectivity index (χ0n) is 9.61. The Morgan fingerprint density at radius 3 is 2.94 bits per heavy atom. The molecule has 3 nitrogen and oxygen atoms in total. The van der Waals surface area contributed by atoms with E-state index in [0.717, 1.165) is 6.54 Å². The maximum atomic E-state index is 8.68. The molecule has 90 valence electrons. The predicted octanol–water partition coefficient (Wildman–Crippen LogP) is 2.27. The van der Waals surface area contributed by atoms with E-state index in [0.29, 0.717) is 12.5 Å². The van der Waals surface area contributed by atoms with Gasteiger partial charge in [-0.15, -0.1) is 11.3 Å². The Labute approximate surface area is 101 Å². The second-order valence-corrected chi connectivity index (χ2v) is 5.55. The van der Waals surface area contributed by atoms with E-state index >= 15 is 0 Å². The van der Waals surface area contributed by atoms with E-state index < -0.39 is 0 Å². The molecule has 2 rings (SSSR count). The van der Waals surface area contributed by atoms with Gasteiger partial charge in [0.2, 0.25) is 0 Å². The molecule has 1 aromatic rings. The quantitative estimate of drug-likeness (QED) is 0.776. The topological polar surface area (TPSA) is 45.1 Å². The van der Waals surface area contributed by atoms with Crippen molar-refractivity contribution in [3.63, 3.8) is 0 Å². The van der Waals surface area contributed by atoms with Crippen molar-refractivity contribution in [2.45, 2.75) is 44.6 Å². The number of aliphatic hydroxyl groups excluding tert-OH is 1. The number of rotatable bonds is 5. The van der Waals surface area contributed by atoms with Crippen molar-refractivity contribution in [3.8, 4) is 0 Å². The van der Waals surface area contributed by atoms with Crippen molar-refractivity contribution < 1.29 is 5.11 Å².